The molecular weight excluding hydrogens is 307 g/mol. The Labute approximate surface area is 105 Å². The van der Waals surface area contributed by atoms with E-state index in [2.05, 4.69) is 26.0 Å². The van der Waals surface area contributed by atoms with E-state index in [4.69, 9.17) is 0 Å². The van der Waals surface area contributed by atoms with E-state index in [1.165, 1.54) is 0 Å². The Kier molecular flexibility index (Phi) is 4.09. The van der Waals surface area contributed by atoms with Gasteiger partial charge >= 0.3 is 6.09 Å². The second kappa shape index (κ2) is 4.97. The maximum Gasteiger partial charge on any atom is 0.407 e. The smallest absolute Gasteiger partial charge is 0.407 e. The SMILES string of the molecule is Cl.O=C1N[C@H](c2c(F)cc(Br)cc2F)CO1. The molecule has 0 unspecified atom stereocenters. The van der Waals surface area contributed by atoms with Gasteiger partial charge in [0.05, 0.1) is 6.04 Å². The molecule has 0 aliphatic carbocycles. The molecule has 1 aliphatic rings. The van der Waals surface area contributed by atoms with E-state index in [-0.39, 0.29) is 24.6 Å². The molecule has 88 valence electrons. The number of carbonyl (C=O) groups excluding carboxylic acids is 1. The van der Waals surface area contributed by atoms with Gasteiger partial charge in [0.25, 0.3) is 0 Å². The summed E-state index contributed by atoms with van der Waals surface area (Å²) < 4.78 is 31.7. The van der Waals surface area contributed by atoms with Gasteiger partial charge in [-0.25, -0.2) is 13.6 Å². The van der Waals surface area contributed by atoms with Gasteiger partial charge in [-0.05, 0) is 12.1 Å². The highest BCUT2D eigenvalue weighted by Gasteiger charge is 2.29. The quantitative estimate of drug-likeness (QED) is 0.865. The minimum Gasteiger partial charge on any atom is -0.447 e. The lowest BCUT2D eigenvalue weighted by Gasteiger charge is -2.10. The van der Waals surface area contributed by atoms with E-state index in [0.717, 1.165) is 12.1 Å². The summed E-state index contributed by atoms with van der Waals surface area (Å²) in [6, 6.07) is 1.52. The fourth-order valence-corrected chi connectivity index (χ4v) is 1.83. The molecule has 0 aromatic heterocycles. The number of rotatable bonds is 1. The summed E-state index contributed by atoms with van der Waals surface area (Å²) in [5.41, 5.74) is -0.177. The number of amides is 1. The minimum atomic E-state index is -0.759. The summed E-state index contributed by atoms with van der Waals surface area (Å²) in [6.45, 7) is -0.0612. The van der Waals surface area contributed by atoms with E-state index < -0.39 is 23.8 Å². The lowest BCUT2D eigenvalue weighted by Crippen LogP contribution is -2.20. The number of nitrogens with one attached hydrogen (secondary N) is 1. The summed E-state index contributed by atoms with van der Waals surface area (Å²) in [7, 11) is 0. The molecule has 1 atom stereocenters. The highest BCUT2D eigenvalue weighted by Crippen LogP contribution is 2.27. The van der Waals surface area contributed by atoms with Crippen LogP contribution < -0.4 is 5.32 Å². The highest BCUT2D eigenvalue weighted by molar-refractivity contribution is 9.10. The van der Waals surface area contributed by atoms with Crippen molar-refractivity contribution < 1.29 is 18.3 Å². The molecule has 1 amide bonds. The van der Waals surface area contributed by atoms with E-state index in [1.54, 1.807) is 0 Å². The Morgan fingerprint density at radius 3 is 2.38 bits per heavy atom. The van der Waals surface area contributed by atoms with Gasteiger partial charge in [-0.3, -0.25) is 0 Å². The van der Waals surface area contributed by atoms with Gasteiger partial charge < -0.3 is 10.1 Å². The van der Waals surface area contributed by atoms with Gasteiger partial charge in [0, 0.05) is 10.0 Å². The van der Waals surface area contributed by atoms with Crippen LogP contribution in [0.1, 0.15) is 11.6 Å². The predicted octanol–water partition coefficient (Wildman–Crippen LogP) is 2.93. The molecule has 1 aromatic carbocycles. The maximum atomic E-state index is 13.4. The van der Waals surface area contributed by atoms with Crippen molar-refractivity contribution in [3.8, 4) is 0 Å². The second-order valence-electron chi connectivity index (χ2n) is 3.08. The fraction of sp³-hybridized carbons (Fsp3) is 0.222. The van der Waals surface area contributed by atoms with Crippen LogP contribution in [-0.4, -0.2) is 12.7 Å². The van der Waals surface area contributed by atoms with Crippen LogP contribution in [0.15, 0.2) is 16.6 Å². The van der Waals surface area contributed by atoms with Gasteiger partial charge in [-0.1, -0.05) is 15.9 Å². The standard InChI is InChI=1S/C9H6BrF2NO2.ClH/c10-4-1-5(11)8(6(12)2-4)7-3-15-9(14)13-7;/h1-2,7H,3H2,(H,13,14);1H/t7-;/m0./s1. The summed E-state index contributed by atoms with van der Waals surface area (Å²) >= 11 is 2.97. The topological polar surface area (TPSA) is 38.3 Å². The molecule has 1 aliphatic heterocycles. The largest absolute Gasteiger partial charge is 0.447 e. The number of benzene rings is 1. The Morgan fingerprint density at radius 2 is 1.94 bits per heavy atom. The van der Waals surface area contributed by atoms with Gasteiger partial charge in [-0.2, -0.15) is 0 Å². The zero-order valence-corrected chi connectivity index (χ0v) is 10.2. The number of alkyl carbamates (subject to hydrolysis) is 1. The molecule has 0 radical (unpaired) electrons. The van der Waals surface area contributed by atoms with Crippen molar-refractivity contribution in [1.29, 1.82) is 0 Å². The van der Waals surface area contributed by atoms with Crippen molar-refractivity contribution in [3.05, 3.63) is 33.8 Å². The molecule has 1 heterocycles. The third-order valence-electron chi connectivity index (χ3n) is 2.07. The summed E-state index contributed by atoms with van der Waals surface area (Å²) in [6.07, 6.45) is -0.665. The van der Waals surface area contributed by atoms with E-state index in [0.29, 0.717) is 4.47 Å². The van der Waals surface area contributed by atoms with Crippen LogP contribution in [0.25, 0.3) is 0 Å². The lowest BCUT2D eigenvalue weighted by molar-refractivity contribution is 0.176. The summed E-state index contributed by atoms with van der Waals surface area (Å²) in [5.74, 6) is -1.42. The van der Waals surface area contributed by atoms with Crippen LogP contribution in [0, 0.1) is 11.6 Å². The molecule has 7 heteroatoms. The van der Waals surface area contributed by atoms with E-state index >= 15 is 0 Å². The zero-order valence-electron chi connectivity index (χ0n) is 7.80. The van der Waals surface area contributed by atoms with Crippen molar-refractivity contribution in [2.24, 2.45) is 0 Å². The molecule has 1 N–H and O–H groups in total. The molecule has 16 heavy (non-hydrogen) atoms. The van der Waals surface area contributed by atoms with Crippen LogP contribution in [-0.2, 0) is 4.74 Å². The number of ether oxygens (including phenoxy) is 1. The van der Waals surface area contributed by atoms with Gasteiger partial charge in [0.15, 0.2) is 0 Å². The minimum absolute atomic E-state index is 0. The highest BCUT2D eigenvalue weighted by atomic mass is 79.9. The Hall–Kier alpha value is -0.880. The third kappa shape index (κ3) is 2.44. The number of cyclic esters (lactones) is 1. The molecule has 1 saturated heterocycles. The average Bonchev–Trinajstić information content (AvgIpc) is 2.49. The number of hydrogen-bond acceptors (Lipinski definition) is 2. The monoisotopic (exact) mass is 313 g/mol. The average molecular weight is 315 g/mol. The van der Waals surface area contributed by atoms with Crippen LogP contribution in [0.4, 0.5) is 13.6 Å². The Morgan fingerprint density at radius 1 is 1.38 bits per heavy atom. The van der Waals surface area contributed by atoms with Gasteiger partial charge in [0.2, 0.25) is 0 Å². The van der Waals surface area contributed by atoms with Crippen LogP contribution >= 0.6 is 28.3 Å². The lowest BCUT2D eigenvalue weighted by atomic mass is 10.1. The molecular formula is C9H7BrClF2NO2. The third-order valence-corrected chi connectivity index (χ3v) is 2.52. The van der Waals surface area contributed by atoms with Crippen molar-refractivity contribution in [1.82, 2.24) is 5.32 Å². The normalized spacial score (nSPS) is 18.7. The number of halogens is 4. The first-order valence-electron chi connectivity index (χ1n) is 4.15. The molecule has 3 nitrogen and oxygen atoms in total. The maximum absolute atomic E-state index is 13.4. The van der Waals surface area contributed by atoms with E-state index in [9.17, 15) is 13.6 Å². The molecule has 2 rings (SSSR count). The second-order valence-corrected chi connectivity index (χ2v) is 3.99. The molecule has 1 fully saturated rings. The van der Waals surface area contributed by atoms with Gasteiger partial charge in [-0.15, -0.1) is 12.4 Å². The van der Waals surface area contributed by atoms with Crippen molar-refractivity contribution in [3.63, 3.8) is 0 Å². The molecule has 1 aromatic rings. The van der Waals surface area contributed by atoms with Crippen LogP contribution in [0.5, 0.6) is 0 Å². The molecule has 0 saturated carbocycles. The molecule has 0 spiro atoms. The number of hydrogen-bond donors (Lipinski definition) is 1. The summed E-state index contributed by atoms with van der Waals surface area (Å²) in [5, 5.41) is 2.31. The van der Waals surface area contributed by atoms with Crippen LogP contribution in [0.2, 0.25) is 0 Å². The van der Waals surface area contributed by atoms with Crippen molar-refractivity contribution in [2.75, 3.05) is 6.61 Å². The first-order chi connectivity index (χ1) is 7.08. The number of carbonyl (C=O) groups is 1. The first-order valence-corrected chi connectivity index (χ1v) is 4.95. The van der Waals surface area contributed by atoms with Crippen molar-refractivity contribution >= 4 is 34.4 Å². The van der Waals surface area contributed by atoms with Crippen molar-refractivity contribution in [2.45, 2.75) is 6.04 Å². The predicted molar refractivity (Wildman–Crippen MR) is 58.5 cm³/mol. The molecule has 0 bridgehead atoms. The van der Waals surface area contributed by atoms with Crippen LogP contribution in [0.3, 0.4) is 0 Å². The Bertz CT molecular complexity index is 407. The summed E-state index contributed by atoms with van der Waals surface area (Å²) in [4.78, 5) is 10.7. The Balaban J connectivity index is 0.00000128. The van der Waals surface area contributed by atoms with Gasteiger partial charge in [0.1, 0.15) is 18.2 Å². The fourth-order valence-electron chi connectivity index (χ4n) is 1.43. The first kappa shape index (κ1) is 13.2. The zero-order chi connectivity index (χ0) is 11.0. The van der Waals surface area contributed by atoms with E-state index in [1.807, 2.05) is 0 Å².